The Labute approximate surface area is 186 Å². The van der Waals surface area contributed by atoms with Gasteiger partial charge in [-0.15, -0.1) is 0 Å². The van der Waals surface area contributed by atoms with Crippen molar-refractivity contribution in [3.63, 3.8) is 0 Å². The minimum atomic E-state index is -4.40. The van der Waals surface area contributed by atoms with Gasteiger partial charge in [-0.1, -0.05) is 48.0 Å². The van der Waals surface area contributed by atoms with E-state index in [-0.39, 0.29) is 6.54 Å². The molecule has 4 rings (SSSR count). The molecule has 168 valence electrons. The molecule has 1 aliphatic heterocycles. The third-order valence-corrected chi connectivity index (χ3v) is 8.06. The molecule has 0 unspecified atom stereocenters. The number of rotatable bonds is 3. The average molecular weight is 460 g/mol. The van der Waals surface area contributed by atoms with Crippen LogP contribution in [0.15, 0.2) is 59.5 Å². The predicted molar refractivity (Wildman–Crippen MR) is 119 cm³/mol. The fourth-order valence-corrected chi connectivity index (χ4v) is 6.32. The van der Waals surface area contributed by atoms with Crippen molar-refractivity contribution >= 4 is 10.0 Å². The summed E-state index contributed by atoms with van der Waals surface area (Å²) in [5, 5.41) is 0. The Hall–Kier alpha value is -2.64. The Morgan fingerprint density at radius 1 is 0.844 bits per heavy atom. The zero-order valence-corrected chi connectivity index (χ0v) is 18.9. The highest BCUT2D eigenvalue weighted by Crippen LogP contribution is 2.34. The van der Waals surface area contributed by atoms with Crippen LogP contribution in [0.25, 0.3) is 11.1 Å². The Morgan fingerprint density at radius 3 is 2.16 bits per heavy atom. The molecule has 0 aromatic heterocycles. The summed E-state index contributed by atoms with van der Waals surface area (Å²) in [6.07, 6.45) is -3.89. The van der Waals surface area contributed by atoms with Crippen LogP contribution in [0.1, 0.15) is 33.4 Å². The Bertz CT molecular complexity index is 1270. The standard InChI is InChI=1S/C25H24F3NO2S/c1-16-11-17(2)24(18(3)12-16)32(30,31)29-10-9-21-13-20(7-8-22(21)15-29)19-5-4-6-23(14-19)25(26,27)28/h4-8,11-14H,9-10,15H2,1-3H3. The van der Waals surface area contributed by atoms with Crippen molar-refractivity contribution in [1.82, 2.24) is 4.31 Å². The maximum Gasteiger partial charge on any atom is 0.416 e. The van der Waals surface area contributed by atoms with Crippen molar-refractivity contribution in [2.24, 2.45) is 0 Å². The highest BCUT2D eigenvalue weighted by molar-refractivity contribution is 7.89. The first kappa shape index (κ1) is 22.6. The van der Waals surface area contributed by atoms with Crippen molar-refractivity contribution in [3.05, 3.63) is 88.0 Å². The average Bonchev–Trinajstić information content (AvgIpc) is 2.71. The monoisotopic (exact) mass is 459 g/mol. The van der Waals surface area contributed by atoms with E-state index in [1.54, 1.807) is 12.1 Å². The van der Waals surface area contributed by atoms with Gasteiger partial charge in [0.2, 0.25) is 10.0 Å². The van der Waals surface area contributed by atoms with Gasteiger partial charge < -0.3 is 0 Å². The Balaban J connectivity index is 1.64. The molecular formula is C25H24F3NO2S. The fraction of sp³-hybridized carbons (Fsp3) is 0.280. The summed E-state index contributed by atoms with van der Waals surface area (Å²) >= 11 is 0. The lowest BCUT2D eigenvalue weighted by atomic mass is 9.95. The van der Waals surface area contributed by atoms with Crippen LogP contribution < -0.4 is 0 Å². The van der Waals surface area contributed by atoms with Gasteiger partial charge in [0, 0.05) is 13.1 Å². The van der Waals surface area contributed by atoms with Gasteiger partial charge in [0.1, 0.15) is 0 Å². The van der Waals surface area contributed by atoms with E-state index in [1.807, 2.05) is 45.0 Å². The summed E-state index contributed by atoms with van der Waals surface area (Å²) in [7, 11) is -3.66. The fourth-order valence-electron chi connectivity index (χ4n) is 4.49. The zero-order valence-electron chi connectivity index (χ0n) is 18.1. The van der Waals surface area contributed by atoms with E-state index in [1.165, 1.54) is 10.4 Å². The second-order valence-electron chi connectivity index (χ2n) is 8.38. The number of hydrogen-bond acceptors (Lipinski definition) is 2. The number of benzene rings is 3. The molecule has 0 bridgehead atoms. The largest absolute Gasteiger partial charge is 0.416 e. The van der Waals surface area contributed by atoms with Crippen LogP contribution in [0.5, 0.6) is 0 Å². The topological polar surface area (TPSA) is 37.4 Å². The first-order valence-corrected chi connectivity index (χ1v) is 11.8. The van der Waals surface area contributed by atoms with Gasteiger partial charge in [-0.2, -0.15) is 17.5 Å². The van der Waals surface area contributed by atoms with Crippen LogP contribution in [0.2, 0.25) is 0 Å². The molecule has 0 aliphatic carbocycles. The van der Waals surface area contributed by atoms with Gasteiger partial charge in [0.15, 0.2) is 0 Å². The van der Waals surface area contributed by atoms with Crippen LogP contribution in [0, 0.1) is 20.8 Å². The van der Waals surface area contributed by atoms with Crippen LogP contribution in [-0.2, 0) is 29.2 Å². The maximum atomic E-state index is 13.4. The summed E-state index contributed by atoms with van der Waals surface area (Å²) in [4.78, 5) is 0.354. The van der Waals surface area contributed by atoms with Crippen molar-refractivity contribution in [2.45, 2.75) is 44.8 Å². The van der Waals surface area contributed by atoms with Gasteiger partial charge in [-0.05, 0) is 72.7 Å². The summed E-state index contributed by atoms with van der Waals surface area (Å²) in [5.74, 6) is 0. The minimum absolute atomic E-state index is 0.243. The number of aryl methyl sites for hydroxylation is 3. The first-order valence-electron chi connectivity index (χ1n) is 10.3. The number of nitrogens with zero attached hydrogens (tertiary/aromatic N) is 1. The summed E-state index contributed by atoms with van der Waals surface area (Å²) < 4.78 is 67.5. The minimum Gasteiger partial charge on any atom is -0.207 e. The van der Waals surface area contributed by atoms with Gasteiger partial charge >= 0.3 is 6.18 Å². The highest BCUT2D eigenvalue weighted by Gasteiger charge is 2.32. The first-order chi connectivity index (χ1) is 15.0. The summed E-state index contributed by atoms with van der Waals surface area (Å²) in [6.45, 7) is 6.13. The number of fused-ring (bicyclic) bond motifs is 1. The van der Waals surface area contributed by atoms with Crippen LogP contribution in [-0.4, -0.2) is 19.3 Å². The maximum absolute atomic E-state index is 13.4. The number of sulfonamides is 1. The molecule has 0 spiro atoms. The van der Waals surface area contributed by atoms with E-state index >= 15 is 0 Å². The van der Waals surface area contributed by atoms with Crippen molar-refractivity contribution in [1.29, 1.82) is 0 Å². The Kier molecular flexibility index (Phi) is 5.67. The van der Waals surface area contributed by atoms with Crippen LogP contribution in [0.4, 0.5) is 13.2 Å². The van der Waals surface area contributed by atoms with Gasteiger partial charge in [0.05, 0.1) is 10.5 Å². The lowest BCUT2D eigenvalue weighted by Gasteiger charge is -2.29. The third kappa shape index (κ3) is 4.19. The molecule has 3 nitrogen and oxygen atoms in total. The third-order valence-electron chi connectivity index (χ3n) is 5.91. The van der Waals surface area contributed by atoms with Gasteiger partial charge in [0.25, 0.3) is 0 Å². The molecule has 3 aromatic rings. The molecule has 1 heterocycles. The van der Waals surface area contributed by atoms with E-state index in [2.05, 4.69) is 0 Å². The van der Waals surface area contributed by atoms with Crippen molar-refractivity contribution in [3.8, 4) is 11.1 Å². The second-order valence-corrected chi connectivity index (χ2v) is 10.3. The lowest BCUT2D eigenvalue weighted by Crippen LogP contribution is -2.36. The van der Waals surface area contributed by atoms with E-state index in [0.717, 1.165) is 39.9 Å². The van der Waals surface area contributed by atoms with E-state index < -0.39 is 21.8 Å². The van der Waals surface area contributed by atoms with E-state index in [9.17, 15) is 21.6 Å². The summed E-state index contributed by atoms with van der Waals surface area (Å²) in [5.41, 5.74) is 4.81. The molecule has 0 fully saturated rings. The molecule has 32 heavy (non-hydrogen) atoms. The van der Waals surface area contributed by atoms with Crippen LogP contribution >= 0.6 is 0 Å². The van der Waals surface area contributed by atoms with Crippen molar-refractivity contribution in [2.75, 3.05) is 6.54 Å². The molecule has 0 amide bonds. The molecule has 0 saturated carbocycles. The molecule has 0 atom stereocenters. The quantitative estimate of drug-likeness (QED) is 0.479. The second kappa shape index (κ2) is 8.05. The SMILES string of the molecule is Cc1cc(C)c(S(=O)(=O)N2CCc3cc(-c4cccc(C(F)(F)F)c4)ccc3C2)c(C)c1. The number of halogens is 3. The molecular weight excluding hydrogens is 435 g/mol. The molecule has 0 saturated heterocycles. The molecule has 1 aliphatic rings. The lowest BCUT2D eigenvalue weighted by molar-refractivity contribution is -0.137. The zero-order chi connectivity index (χ0) is 23.3. The normalized spacial score (nSPS) is 14.9. The van der Waals surface area contributed by atoms with E-state index in [4.69, 9.17) is 0 Å². The summed E-state index contributed by atoms with van der Waals surface area (Å²) in [6, 6.07) is 14.4. The van der Waals surface area contributed by atoms with Crippen LogP contribution in [0.3, 0.4) is 0 Å². The van der Waals surface area contributed by atoms with Crippen molar-refractivity contribution < 1.29 is 21.6 Å². The predicted octanol–water partition coefficient (Wildman–Crippen LogP) is 6.04. The Morgan fingerprint density at radius 2 is 1.50 bits per heavy atom. The molecule has 3 aromatic carbocycles. The van der Waals surface area contributed by atoms with Gasteiger partial charge in [-0.25, -0.2) is 8.42 Å². The molecule has 0 radical (unpaired) electrons. The molecule has 7 heteroatoms. The van der Waals surface area contributed by atoms with E-state index in [0.29, 0.717) is 29.0 Å². The smallest absolute Gasteiger partial charge is 0.207 e. The highest BCUT2D eigenvalue weighted by atomic mass is 32.2. The number of hydrogen-bond donors (Lipinski definition) is 0. The number of alkyl halides is 3. The molecule has 0 N–H and O–H groups in total. The van der Waals surface area contributed by atoms with Gasteiger partial charge in [-0.3, -0.25) is 0 Å².